The van der Waals surface area contributed by atoms with E-state index < -0.39 is 0 Å². The predicted octanol–water partition coefficient (Wildman–Crippen LogP) is 5.82. The van der Waals surface area contributed by atoms with E-state index >= 15 is 0 Å². The number of unbranched alkanes of at least 4 members (excludes halogenated alkanes) is 1. The Labute approximate surface area is 161 Å². The third kappa shape index (κ3) is 4.47. The number of rotatable bonds is 5. The standard InChI is InChI=1S/C24H29NO2/c1-4-5-13-25-20-15-24(2,3)16-22(27)23(20)21(26)14-18-11-8-10-17-9-6-7-12-19(17)18/h6-12,26H,4-5,13-16H2,1-3H3/b23-21+,25-20?. The summed E-state index contributed by atoms with van der Waals surface area (Å²) in [6.45, 7) is 7.03. The van der Waals surface area contributed by atoms with Crippen molar-refractivity contribution in [3.05, 3.63) is 59.4 Å². The summed E-state index contributed by atoms with van der Waals surface area (Å²) in [5, 5.41) is 13.2. The van der Waals surface area contributed by atoms with E-state index in [0.717, 1.165) is 41.3 Å². The highest BCUT2D eigenvalue weighted by molar-refractivity contribution is 6.24. The van der Waals surface area contributed by atoms with E-state index in [1.807, 2.05) is 24.3 Å². The number of hydrogen-bond acceptors (Lipinski definition) is 3. The third-order valence-electron chi connectivity index (χ3n) is 5.19. The summed E-state index contributed by atoms with van der Waals surface area (Å²) in [6.07, 6.45) is 3.60. The van der Waals surface area contributed by atoms with Crippen molar-refractivity contribution in [2.75, 3.05) is 6.54 Å². The molecule has 3 nitrogen and oxygen atoms in total. The molecule has 3 rings (SSSR count). The molecule has 0 amide bonds. The Morgan fingerprint density at radius 1 is 1.11 bits per heavy atom. The van der Waals surface area contributed by atoms with E-state index in [2.05, 4.69) is 39.0 Å². The van der Waals surface area contributed by atoms with Crippen molar-refractivity contribution in [1.82, 2.24) is 0 Å². The zero-order chi connectivity index (χ0) is 19.4. The number of Topliss-reactive ketones (excluding diaryl/α,β-unsaturated/α-hetero) is 1. The molecule has 1 fully saturated rings. The van der Waals surface area contributed by atoms with Gasteiger partial charge >= 0.3 is 0 Å². The lowest BCUT2D eigenvalue weighted by Gasteiger charge is -2.31. The van der Waals surface area contributed by atoms with Crippen LogP contribution in [0.15, 0.2) is 58.8 Å². The van der Waals surface area contributed by atoms with Gasteiger partial charge in [-0.15, -0.1) is 0 Å². The Bertz CT molecular complexity index is 900. The minimum Gasteiger partial charge on any atom is -0.511 e. The third-order valence-corrected chi connectivity index (χ3v) is 5.19. The molecule has 2 aromatic carbocycles. The Morgan fingerprint density at radius 3 is 2.63 bits per heavy atom. The number of aliphatic imine (C=N–C) groups is 1. The van der Waals surface area contributed by atoms with Crippen LogP contribution in [-0.2, 0) is 11.2 Å². The normalized spacial score (nSPS) is 20.3. The predicted molar refractivity (Wildman–Crippen MR) is 113 cm³/mol. The van der Waals surface area contributed by atoms with Crippen LogP contribution in [0.1, 0.15) is 52.0 Å². The lowest BCUT2D eigenvalue weighted by atomic mass is 9.73. The number of aliphatic hydroxyl groups is 1. The second kappa shape index (κ2) is 8.08. The van der Waals surface area contributed by atoms with Crippen LogP contribution in [-0.4, -0.2) is 23.1 Å². The number of fused-ring (bicyclic) bond motifs is 1. The number of carbonyl (C=O) groups is 1. The summed E-state index contributed by atoms with van der Waals surface area (Å²) in [5.41, 5.74) is 2.16. The van der Waals surface area contributed by atoms with E-state index in [1.165, 1.54) is 0 Å². The first-order valence-electron chi connectivity index (χ1n) is 9.87. The van der Waals surface area contributed by atoms with Crippen molar-refractivity contribution in [3.8, 4) is 0 Å². The molecule has 0 unspecified atom stereocenters. The summed E-state index contributed by atoms with van der Waals surface area (Å²) in [5.74, 6) is 0.168. The molecule has 0 radical (unpaired) electrons. The Kier molecular flexibility index (Phi) is 5.79. The first-order chi connectivity index (χ1) is 12.9. The first-order valence-corrected chi connectivity index (χ1v) is 9.87. The highest BCUT2D eigenvalue weighted by Crippen LogP contribution is 2.36. The zero-order valence-corrected chi connectivity index (χ0v) is 16.6. The van der Waals surface area contributed by atoms with Gasteiger partial charge in [0.05, 0.1) is 5.57 Å². The second-order valence-corrected chi connectivity index (χ2v) is 8.26. The van der Waals surface area contributed by atoms with Crippen molar-refractivity contribution in [2.45, 2.75) is 52.9 Å². The average molecular weight is 364 g/mol. The van der Waals surface area contributed by atoms with E-state index in [9.17, 15) is 9.90 Å². The zero-order valence-electron chi connectivity index (χ0n) is 16.6. The highest BCUT2D eigenvalue weighted by atomic mass is 16.3. The van der Waals surface area contributed by atoms with Gasteiger partial charge in [-0.2, -0.15) is 0 Å². The number of benzene rings is 2. The minimum atomic E-state index is -0.106. The highest BCUT2D eigenvalue weighted by Gasteiger charge is 2.36. The Morgan fingerprint density at radius 2 is 1.85 bits per heavy atom. The van der Waals surface area contributed by atoms with Gasteiger partial charge in [-0.25, -0.2) is 0 Å². The van der Waals surface area contributed by atoms with Gasteiger partial charge < -0.3 is 5.11 Å². The van der Waals surface area contributed by atoms with Crippen LogP contribution in [0.2, 0.25) is 0 Å². The van der Waals surface area contributed by atoms with Crippen LogP contribution in [0.5, 0.6) is 0 Å². The van der Waals surface area contributed by atoms with Crippen molar-refractivity contribution in [1.29, 1.82) is 0 Å². The van der Waals surface area contributed by atoms with E-state index in [-0.39, 0.29) is 17.0 Å². The van der Waals surface area contributed by atoms with Gasteiger partial charge in [-0.05, 0) is 34.6 Å². The molecule has 1 aliphatic rings. The van der Waals surface area contributed by atoms with Gasteiger partial charge in [-0.3, -0.25) is 9.79 Å². The van der Waals surface area contributed by atoms with Crippen molar-refractivity contribution < 1.29 is 9.90 Å². The number of hydrogen-bond donors (Lipinski definition) is 1. The number of aliphatic hydroxyl groups excluding tert-OH is 1. The van der Waals surface area contributed by atoms with Gasteiger partial charge in [0.1, 0.15) is 5.76 Å². The number of nitrogens with zero attached hydrogens (tertiary/aromatic N) is 1. The van der Waals surface area contributed by atoms with E-state index in [0.29, 0.717) is 25.0 Å². The molecule has 27 heavy (non-hydrogen) atoms. The number of ketones is 1. The number of carbonyl (C=O) groups excluding carboxylic acids is 1. The maximum absolute atomic E-state index is 12.8. The summed E-state index contributed by atoms with van der Waals surface area (Å²) in [7, 11) is 0. The van der Waals surface area contributed by atoms with Crippen LogP contribution < -0.4 is 0 Å². The summed E-state index contributed by atoms with van der Waals surface area (Å²) in [4.78, 5) is 17.6. The molecule has 0 bridgehead atoms. The van der Waals surface area contributed by atoms with Crippen molar-refractivity contribution >= 4 is 22.3 Å². The lowest BCUT2D eigenvalue weighted by Crippen LogP contribution is -2.33. The summed E-state index contributed by atoms with van der Waals surface area (Å²) in [6, 6.07) is 14.2. The SMILES string of the molecule is CCCCN=C1CC(C)(C)CC(=O)/C1=C(/O)Cc1cccc2ccccc12. The molecule has 3 heteroatoms. The molecule has 2 aromatic rings. The molecule has 0 spiro atoms. The number of allylic oxidation sites excluding steroid dienone is 2. The summed E-state index contributed by atoms with van der Waals surface area (Å²) < 4.78 is 0. The first kappa shape index (κ1) is 19.3. The fraction of sp³-hybridized carbons (Fsp3) is 0.417. The topological polar surface area (TPSA) is 49.7 Å². The average Bonchev–Trinajstić information content (AvgIpc) is 2.61. The minimum absolute atomic E-state index is 0.0132. The van der Waals surface area contributed by atoms with E-state index in [1.54, 1.807) is 0 Å². The van der Waals surface area contributed by atoms with Crippen LogP contribution in [0, 0.1) is 5.41 Å². The Balaban J connectivity index is 1.99. The van der Waals surface area contributed by atoms with Gasteiger partial charge in [0.25, 0.3) is 0 Å². The molecule has 1 N–H and O–H groups in total. The van der Waals surface area contributed by atoms with Gasteiger partial charge in [-0.1, -0.05) is 69.7 Å². The van der Waals surface area contributed by atoms with Gasteiger partial charge in [0.15, 0.2) is 5.78 Å². The van der Waals surface area contributed by atoms with E-state index in [4.69, 9.17) is 4.99 Å². The Hall–Kier alpha value is -2.42. The quantitative estimate of drug-likeness (QED) is 0.413. The van der Waals surface area contributed by atoms with Gasteiger partial charge in [0.2, 0.25) is 0 Å². The monoisotopic (exact) mass is 363 g/mol. The fourth-order valence-corrected chi connectivity index (χ4v) is 3.84. The summed E-state index contributed by atoms with van der Waals surface area (Å²) >= 11 is 0. The smallest absolute Gasteiger partial charge is 0.168 e. The largest absolute Gasteiger partial charge is 0.511 e. The molecule has 0 aliphatic heterocycles. The molecule has 1 saturated carbocycles. The fourth-order valence-electron chi connectivity index (χ4n) is 3.84. The van der Waals surface area contributed by atoms with Crippen LogP contribution in [0.25, 0.3) is 10.8 Å². The molecule has 142 valence electrons. The molecular weight excluding hydrogens is 334 g/mol. The maximum Gasteiger partial charge on any atom is 0.168 e. The molecule has 1 aliphatic carbocycles. The van der Waals surface area contributed by atoms with Crippen LogP contribution in [0.4, 0.5) is 0 Å². The van der Waals surface area contributed by atoms with Crippen LogP contribution in [0.3, 0.4) is 0 Å². The second-order valence-electron chi connectivity index (χ2n) is 8.26. The van der Waals surface area contributed by atoms with Crippen LogP contribution >= 0.6 is 0 Å². The molecule has 0 aromatic heterocycles. The molecule has 0 atom stereocenters. The molecular formula is C24H29NO2. The lowest BCUT2D eigenvalue weighted by molar-refractivity contribution is -0.117. The van der Waals surface area contributed by atoms with Gasteiger partial charge in [0, 0.05) is 25.1 Å². The van der Waals surface area contributed by atoms with Crippen molar-refractivity contribution in [3.63, 3.8) is 0 Å². The maximum atomic E-state index is 12.8. The molecule has 0 saturated heterocycles. The van der Waals surface area contributed by atoms with Crippen molar-refractivity contribution in [2.24, 2.45) is 10.4 Å². The molecule has 0 heterocycles.